The summed E-state index contributed by atoms with van der Waals surface area (Å²) in [6, 6.07) is 6.63. The van der Waals surface area contributed by atoms with Crippen LogP contribution in [0.5, 0.6) is 0 Å². The lowest BCUT2D eigenvalue weighted by molar-refractivity contribution is -0.124. The SMILES string of the molecule is CS(=O)(=O)N1CCC[C@@H]1C(=O)NCc1ccccc1Cl. The van der Waals surface area contributed by atoms with E-state index in [0.717, 1.165) is 11.8 Å². The van der Waals surface area contributed by atoms with E-state index in [0.29, 0.717) is 31.0 Å². The number of nitrogens with one attached hydrogen (secondary N) is 1. The highest BCUT2D eigenvalue weighted by Crippen LogP contribution is 2.21. The van der Waals surface area contributed by atoms with Crippen LogP contribution in [0.4, 0.5) is 0 Å². The number of rotatable bonds is 4. The number of hydrogen-bond donors (Lipinski definition) is 1. The van der Waals surface area contributed by atoms with Gasteiger partial charge in [0.25, 0.3) is 0 Å². The third kappa shape index (κ3) is 3.50. The summed E-state index contributed by atoms with van der Waals surface area (Å²) in [6.45, 7) is 0.704. The molecule has 0 unspecified atom stereocenters. The Kier molecular flexibility index (Phi) is 4.67. The number of hydrogen-bond acceptors (Lipinski definition) is 3. The Hall–Kier alpha value is -1.11. The zero-order chi connectivity index (χ0) is 14.8. The van der Waals surface area contributed by atoms with E-state index in [1.165, 1.54) is 4.31 Å². The summed E-state index contributed by atoms with van der Waals surface area (Å²) in [4.78, 5) is 12.1. The van der Waals surface area contributed by atoms with Gasteiger partial charge in [-0.05, 0) is 24.5 Å². The van der Waals surface area contributed by atoms with Gasteiger partial charge in [0, 0.05) is 18.1 Å². The van der Waals surface area contributed by atoms with Crippen molar-refractivity contribution in [3.8, 4) is 0 Å². The fraction of sp³-hybridized carbons (Fsp3) is 0.462. The molecule has 2 rings (SSSR count). The quantitative estimate of drug-likeness (QED) is 0.912. The van der Waals surface area contributed by atoms with Crippen molar-refractivity contribution in [3.63, 3.8) is 0 Å². The van der Waals surface area contributed by atoms with Crippen molar-refractivity contribution in [3.05, 3.63) is 34.9 Å². The highest BCUT2D eigenvalue weighted by molar-refractivity contribution is 7.88. The molecule has 1 amide bonds. The van der Waals surface area contributed by atoms with E-state index in [2.05, 4.69) is 5.32 Å². The zero-order valence-electron chi connectivity index (χ0n) is 11.2. The molecule has 1 saturated heterocycles. The molecule has 0 aromatic heterocycles. The summed E-state index contributed by atoms with van der Waals surface area (Å²) in [6.07, 6.45) is 2.39. The molecular formula is C13H17ClN2O3S. The van der Waals surface area contributed by atoms with Gasteiger partial charge in [-0.25, -0.2) is 8.42 Å². The summed E-state index contributed by atoms with van der Waals surface area (Å²) in [5.74, 6) is -0.271. The van der Waals surface area contributed by atoms with Crippen molar-refractivity contribution in [2.24, 2.45) is 0 Å². The van der Waals surface area contributed by atoms with Crippen LogP contribution < -0.4 is 5.32 Å². The molecule has 0 bridgehead atoms. The van der Waals surface area contributed by atoms with E-state index in [4.69, 9.17) is 11.6 Å². The van der Waals surface area contributed by atoms with E-state index in [1.54, 1.807) is 6.07 Å². The first kappa shape index (κ1) is 15.3. The minimum absolute atomic E-state index is 0.271. The second-order valence-corrected chi connectivity index (χ2v) is 7.18. The Morgan fingerprint density at radius 1 is 1.45 bits per heavy atom. The van der Waals surface area contributed by atoms with Gasteiger partial charge in [-0.15, -0.1) is 0 Å². The van der Waals surface area contributed by atoms with Crippen LogP contribution in [0, 0.1) is 0 Å². The fourth-order valence-corrected chi connectivity index (χ4v) is 3.67. The summed E-state index contributed by atoms with van der Waals surface area (Å²) < 4.78 is 24.5. The van der Waals surface area contributed by atoms with E-state index < -0.39 is 16.1 Å². The number of amides is 1. The Morgan fingerprint density at radius 2 is 2.15 bits per heavy atom. The lowest BCUT2D eigenvalue weighted by atomic mass is 10.2. The maximum atomic E-state index is 12.1. The molecule has 1 heterocycles. The predicted octanol–water partition coefficient (Wildman–Crippen LogP) is 1.38. The molecule has 20 heavy (non-hydrogen) atoms. The molecule has 1 N–H and O–H groups in total. The number of nitrogens with zero attached hydrogens (tertiary/aromatic N) is 1. The minimum atomic E-state index is -3.34. The number of sulfonamides is 1. The Labute approximate surface area is 124 Å². The average Bonchev–Trinajstić information content (AvgIpc) is 2.86. The van der Waals surface area contributed by atoms with Crippen LogP contribution in [0.1, 0.15) is 18.4 Å². The third-order valence-corrected chi connectivity index (χ3v) is 5.00. The topological polar surface area (TPSA) is 66.5 Å². The molecule has 1 fully saturated rings. The molecule has 1 atom stereocenters. The normalized spacial score (nSPS) is 20.0. The summed E-state index contributed by atoms with van der Waals surface area (Å²) >= 11 is 6.01. The van der Waals surface area contributed by atoms with Gasteiger partial charge in [0.1, 0.15) is 6.04 Å². The van der Waals surface area contributed by atoms with Crippen LogP contribution in [0.25, 0.3) is 0 Å². The standard InChI is InChI=1S/C13H17ClN2O3S/c1-20(18,19)16-8-4-7-12(16)13(17)15-9-10-5-2-3-6-11(10)14/h2-3,5-6,12H,4,7-9H2,1H3,(H,15,17)/t12-/m1/s1. The van der Waals surface area contributed by atoms with E-state index in [9.17, 15) is 13.2 Å². The summed E-state index contributed by atoms with van der Waals surface area (Å²) in [5.41, 5.74) is 0.811. The monoisotopic (exact) mass is 316 g/mol. The lowest BCUT2D eigenvalue weighted by Crippen LogP contribution is -2.45. The van der Waals surface area contributed by atoms with Gasteiger partial charge in [-0.3, -0.25) is 4.79 Å². The van der Waals surface area contributed by atoms with Crippen LogP contribution in [-0.2, 0) is 21.4 Å². The van der Waals surface area contributed by atoms with Crippen molar-refractivity contribution in [1.82, 2.24) is 9.62 Å². The second kappa shape index (κ2) is 6.11. The van der Waals surface area contributed by atoms with Gasteiger partial charge in [-0.1, -0.05) is 29.8 Å². The van der Waals surface area contributed by atoms with Crippen LogP contribution in [0.3, 0.4) is 0 Å². The average molecular weight is 317 g/mol. The van der Waals surface area contributed by atoms with Gasteiger partial charge in [0.15, 0.2) is 0 Å². The molecule has 1 aromatic carbocycles. The van der Waals surface area contributed by atoms with Crippen molar-refractivity contribution < 1.29 is 13.2 Å². The summed E-state index contributed by atoms with van der Waals surface area (Å²) in [5, 5.41) is 3.34. The Bertz CT molecular complexity index is 603. The number of halogens is 1. The maximum Gasteiger partial charge on any atom is 0.238 e. The van der Waals surface area contributed by atoms with Crippen molar-refractivity contribution >= 4 is 27.5 Å². The van der Waals surface area contributed by atoms with Gasteiger partial charge in [-0.2, -0.15) is 4.31 Å². The second-order valence-electron chi connectivity index (χ2n) is 4.84. The van der Waals surface area contributed by atoms with Crippen molar-refractivity contribution in [2.75, 3.05) is 12.8 Å². The molecule has 1 aliphatic rings. The highest BCUT2D eigenvalue weighted by atomic mass is 35.5. The summed E-state index contributed by atoms with van der Waals surface area (Å²) in [7, 11) is -3.34. The number of carbonyl (C=O) groups excluding carboxylic acids is 1. The first-order valence-corrected chi connectivity index (χ1v) is 8.60. The third-order valence-electron chi connectivity index (χ3n) is 3.34. The van der Waals surface area contributed by atoms with Gasteiger partial charge in [0.2, 0.25) is 15.9 Å². The zero-order valence-corrected chi connectivity index (χ0v) is 12.7. The molecule has 0 radical (unpaired) electrons. The molecule has 0 spiro atoms. The first-order chi connectivity index (χ1) is 9.39. The van der Waals surface area contributed by atoms with E-state index in [1.807, 2.05) is 18.2 Å². The Morgan fingerprint density at radius 3 is 2.80 bits per heavy atom. The Balaban J connectivity index is 2.00. The molecule has 7 heteroatoms. The van der Waals surface area contributed by atoms with E-state index >= 15 is 0 Å². The van der Waals surface area contributed by atoms with Gasteiger partial charge < -0.3 is 5.32 Å². The van der Waals surface area contributed by atoms with Crippen LogP contribution >= 0.6 is 11.6 Å². The van der Waals surface area contributed by atoms with E-state index in [-0.39, 0.29) is 5.91 Å². The van der Waals surface area contributed by atoms with Crippen LogP contribution in [0.2, 0.25) is 5.02 Å². The molecule has 1 aliphatic heterocycles. The molecule has 110 valence electrons. The number of carbonyl (C=O) groups is 1. The van der Waals surface area contributed by atoms with Crippen molar-refractivity contribution in [1.29, 1.82) is 0 Å². The molecule has 0 saturated carbocycles. The predicted molar refractivity (Wildman–Crippen MR) is 77.9 cm³/mol. The van der Waals surface area contributed by atoms with Crippen molar-refractivity contribution in [2.45, 2.75) is 25.4 Å². The molecule has 1 aromatic rings. The highest BCUT2D eigenvalue weighted by Gasteiger charge is 2.36. The fourth-order valence-electron chi connectivity index (χ4n) is 2.34. The number of benzene rings is 1. The molecule has 0 aliphatic carbocycles. The minimum Gasteiger partial charge on any atom is -0.351 e. The van der Waals surface area contributed by atoms with Crippen LogP contribution in [-0.4, -0.2) is 37.5 Å². The maximum absolute atomic E-state index is 12.1. The smallest absolute Gasteiger partial charge is 0.238 e. The molecular weight excluding hydrogens is 300 g/mol. The molecule has 5 nitrogen and oxygen atoms in total. The largest absolute Gasteiger partial charge is 0.351 e. The first-order valence-electron chi connectivity index (χ1n) is 6.37. The van der Waals surface area contributed by atoms with Gasteiger partial charge in [0.05, 0.1) is 6.26 Å². The van der Waals surface area contributed by atoms with Crippen LogP contribution in [0.15, 0.2) is 24.3 Å². The van der Waals surface area contributed by atoms with Gasteiger partial charge >= 0.3 is 0 Å². The lowest BCUT2D eigenvalue weighted by Gasteiger charge is -2.21.